The van der Waals surface area contributed by atoms with Crippen LogP contribution in [0.3, 0.4) is 0 Å². The Morgan fingerprint density at radius 3 is 2.60 bits per heavy atom. The second-order valence-electron chi connectivity index (χ2n) is 4.37. The average molecular weight is 139 g/mol. The molecule has 1 radical (unpaired) electrons. The smallest absolute Gasteiger partial charge is 0.0349 e. The molecule has 0 aliphatic heterocycles. The van der Waals surface area contributed by atoms with E-state index in [4.69, 9.17) is 0 Å². The molecule has 0 saturated heterocycles. The van der Waals surface area contributed by atoms with Gasteiger partial charge in [-0.15, -0.1) is 0 Å². The zero-order valence-electron chi connectivity index (χ0n) is 7.48. The lowest BCUT2D eigenvalue weighted by Gasteiger charge is -2.34. The Labute approximate surface area is 65.0 Å². The van der Waals surface area contributed by atoms with E-state index < -0.39 is 0 Å². The lowest BCUT2D eigenvalue weighted by Crippen LogP contribution is -2.22. The Morgan fingerprint density at radius 2 is 2.20 bits per heavy atom. The Kier molecular flexibility index (Phi) is 2.38. The molecule has 0 heterocycles. The molecule has 0 aromatic rings. The fraction of sp³-hybridized carbons (Fsp3) is 0.900. The van der Waals surface area contributed by atoms with Gasteiger partial charge in [-0.2, -0.15) is 0 Å². The molecule has 1 aliphatic rings. The Morgan fingerprint density at radius 1 is 1.50 bits per heavy atom. The summed E-state index contributed by atoms with van der Waals surface area (Å²) in [6.45, 7) is 7.07. The molecule has 0 nitrogen and oxygen atoms in total. The van der Waals surface area contributed by atoms with Crippen molar-refractivity contribution >= 4 is 0 Å². The van der Waals surface area contributed by atoms with Gasteiger partial charge >= 0.3 is 0 Å². The molecule has 0 heteroatoms. The highest BCUT2D eigenvalue weighted by Crippen LogP contribution is 2.38. The van der Waals surface area contributed by atoms with Gasteiger partial charge in [0.25, 0.3) is 0 Å². The van der Waals surface area contributed by atoms with Gasteiger partial charge < -0.3 is 0 Å². The monoisotopic (exact) mass is 139 g/mol. The third-order valence-electron chi connectivity index (χ3n) is 2.62. The molecule has 0 N–H and O–H groups in total. The molecule has 1 rings (SSSR count). The lowest BCUT2D eigenvalue weighted by molar-refractivity contribution is 0.215. The molecule has 1 atom stereocenters. The van der Waals surface area contributed by atoms with Crippen molar-refractivity contribution in [3.05, 3.63) is 6.42 Å². The molecular formula is C10H19. The summed E-state index contributed by atoms with van der Waals surface area (Å²) in [6, 6.07) is 0. The van der Waals surface area contributed by atoms with Crippen LogP contribution < -0.4 is 0 Å². The minimum absolute atomic E-state index is 0.596. The summed E-state index contributed by atoms with van der Waals surface area (Å²) in [5.41, 5.74) is 0.596. The van der Waals surface area contributed by atoms with Crippen LogP contribution in [0.5, 0.6) is 0 Å². The zero-order chi connectivity index (χ0) is 7.61. The highest BCUT2D eigenvalue weighted by Gasteiger charge is 2.26. The summed E-state index contributed by atoms with van der Waals surface area (Å²) in [5.74, 6) is 0.976. The van der Waals surface area contributed by atoms with Gasteiger partial charge in [-0.3, -0.25) is 0 Å². The fourth-order valence-corrected chi connectivity index (χ4v) is 1.97. The van der Waals surface area contributed by atoms with Gasteiger partial charge in [-0.1, -0.05) is 27.2 Å². The summed E-state index contributed by atoms with van der Waals surface area (Å²) in [7, 11) is 0. The highest BCUT2D eigenvalue weighted by molar-refractivity contribution is 4.87. The fourth-order valence-electron chi connectivity index (χ4n) is 1.97. The van der Waals surface area contributed by atoms with Crippen LogP contribution >= 0.6 is 0 Å². The van der Waals surface area contributed by atoms with Crippen LogP contribution in [-0.2, 0) is 0 Å². The SMILES string of the molecule is CCC1C[CH]CC(C)(C)C1. The first-order valence-corrected chi connectivity index (χ1v) is 4.46. The van der Waals surface area contributed by atoms with E-state index in [0.717, 1.165) is 5.92 Å². The summed E-state index contributed by atoms with van der Waals surface area (Å²) in [4.78, 5) is 0. The minimum Gasteiger partial charge on any atom is -0.0651 e. The summed E-state index contributed by atoms with van der Waals surface area (Å²) < 4.78 is 0. The standard InChI is InChI=1S/C10H19/c1-4-9-6-5-7-10(2,3)8-9/h5,9H,4,6-8H2,1-3H3. The number of rotatable bonds is 1. The van der Waals surface area contributed by atoms with Gasteiger partial charge in [0, 0.05) is 0 Å². The topological polar surface area (TPSA) is 0 Å². The highest BCUT2D eigenvalue weighted by atomic mass is 14.3. The largest absolute Gasteiger partial charge is 0.0651 e. The molecule has 1 unspecified atom stereocenters. The average Bonchev–Trinajstić information content (AvgIpc) is 1.86. The van der Waals surface area contributed by atoms with Crippen molar-refractivity contribution in [3.63, 3.8) is 0 Å². The van der Waals surface area contributed by atoms with E-state index in [1.165, 1.54) is 25.7 Å². The van der Waals surface area contributed by atoms with Crippen molar-refractivity contribution in [1.82, 2.24) is 0 Å². The molecular weight excluding hydrogens is 120 g/mol. The Hall–Kier alpha value is 0. The molecule has 0 aromatic heterocycles. The van der Waals surface area contributed by atoms with E-state index in [0.29, 0.717) is 5.41 Å². The zero-order valence-corrected chi connectivity index (χ0v) is 7.48. The third kappa shape index (κ3) is 2.00. The second kappa shape index (κ2) is 2.94. The number of hydrogen-bond donors (Lipinski definition) is 0. The summed E-state index contributed by atoms with van der Waals surface area (Å²) >= 11 is 0. The maximum Gasteiger partial charge on any atom is -0.0349 e. The van der Waals surface area contributed by atoms with Crippen molar-refractivity contribution in [1.29, 1.82) is 0 Å². The molecule has 0 aromatic carbocycles. The molecule has 0 amide bonds. The van der Waals surface area contributed by atoms with Crippen LogP contribution in [0.25, 0.3) is 0 Å². The van der Waals surface area contributed by atoms with Crippen molar-refractivity contribution < 1.29 is 0 Å². The van der Waals surface area contributed by atoms with Crippen LogP contribution in [0.4, 0.5) is 0 Å². The third-order valence-corrected chi connectivity index (χ3v) is 2.62. The quantitative estimate of drug-likeness (QED) is 0.522. The molecule has 59 valence electrons. The molecule has 1 saturated carbocycles. The van der Waals surface area contributed by atoms with E-state index in [9.17, 15) is 0 Å². The number of hydrogen-bond acceptors (Lipinski definition) is 0. The maximum absolute atomic E-state index is 2.47. The molecule has 0 bridgehead atoms. The van der Waals surface area contributed by atoms with Crippen molar-refractivity contribution in [2.24, 2.45) is 11.3 Å². The first kappa shape index (κ1) is 8.10. The van der Waals surface area contributed by atoms with Crippen molar-refractivity contribution in [2.45, 2.75) is 46.5 Å². The van der Waals surface area contributed by atoms with Gasteiger partial charge in [0.15, 0.2) is 0 Å². The maximum atomic E-state index is 2.47. The summed E-state index contributed by atoms with van der Waals surface area (Å²) in [5, 5.41) is 0. The van der Waals surface area contributed by atoms with E-state index in [1.54, 1.807) is 0 Å². The molecule has 1 fully saturated rings. The Bertz CT molecular complexity index is 103. The molecule has 1 aliphatic carbocycles. The van der Waals surface area contributed by atoms with Crippen LogP contribution in [0, 0.1) is 17.8 Å². The van der Waals surface area contributed by atoms with Crippen molar-refractivity contribution in [3.8, 4) is 0 Å². The van der Waals surface area contributed by atoms with Gasteiger partial charge in [-0.05, 0) is 37.0 Å². The van der Waals surface area contributed by atoms with Crippen molar-refractivity contribution in [2.75, 3.05) is 0 Å². The van der Waals surface area contributed by atoms with E-state index in [1.807, 2.05) is 0 Å². The van der Waals surface area contributed by atoms with Gasteiger partial charge in [0.05, 0.1) is 0 Å². The second-order valence-corrected chi connectivity index (χ2v) is 4.37. The van der Waals surface area contributed by atoms with Crippen LogP contribution in [0.1, 0.15) is 46.5 Å². The van der Waals surface area contributed by atoms with Gasteiger partial charge in [0.1, 0.15) is 0 Å². The lowest BCUT2D eigenvalue weighted by atomic mass is 9.71. The minimum atomic E-state index is 0.596. The normalized spacial score (nSPS) is 32.1. The molecule has 10 heavy (non-hydrogen) atoms. The molecule has 0 spiro atoms. The van der Waals surface area contributed by atoms with Crippen LogP contribution in [0.2, 0.25) is 0 Å². The predicted molar refractivity (Wildman–Crippen MR) is 45.7 cm³/mol. The van der Waals surface area contributed by atoms with Crippen LogP contribution in [0.15, 0.2) is 0 Å². The van der Waals surface area contributed by atoms with Gasteiger partial charge in [0.2, 0.25) is 0 Å². The Balaban J connectivity index is 2.40. The predicted octanol–water partition coefficient (Wildman–Crippen LogP) is 3.43. The van der Waals surface area contributed by atoms with Crippen LogP contribution in [-0.4, -0.2) is 0 Å². The van der Waals surface area contributed by atoms with E-state index in [2.05, 4.69) is 27.2 Å². The summed E-state index contributed by atoms with van der Waals surface area (Å²) in [6.07, 6.45) is 7.95. The van der Waals surface area contributed by atoms with Gasteiger partial charge in [-0.25, -0.2) is 0 Å². The first-order chi connectivity index (χ1) is 4.64. The first-order valence-electron chi connectivity index (χ1n) is 4.46. The van der Waals surface area contributed by atoms with E-state index >= 15 is 0 Å². The van der Waals surface area contributed by atoms with E-state index in [-0.39, 0.29) is 0 Å².